The van der Waals surface area contributed by atoms with E-state index in [1.54, 1.807) is 4.90 Å². The maximum Gasteiger partial charge on any atom is 0.317 e. The molecule has 0 bridgehead atoms. The number of amides is 2. The summed E-state index contributed by atoms with van der Waals surface area (Å²) in [5, 5.41) is 3.04. The standard InChI is InChI=1S/C19H31N3O2/c1-15-6-7-18(16(2)12-15)24-11-5-9-22(4)19(23)20-13-17-8-10-21(3)14-17/h6-7,12,17H,5,8-11,13-14H2,1-4H3,(H,20,23). The minimum absolute atomic E-state index is 0.0102. The van der Waals surface area contributed by atoms with Crippen LogP contribution in [0.5, 0.6) is 5.75 Å². The summed E-state index contributed by atoms with van der Waals surface area (Å²) in [7, 11) is 3.97. The second kappa shape index (κ2) is 8.92. The molecule has 0 aromatic heterocycles. The van der Waals surface area contributed by atoms with E-state index in [4.69, 9.17) is 4.74 Å². The monoisotopic (exact) mass is 333 g/mol. The molecule has 1 heterocycles. The lowest BCUT2D eigenvalue weighted by Gasteiger charge is -2.20. The molecule has 0 radical (unpaired) electrons. The number of hydrogen-bond donors (Lipinski definition) is 1. The first kappa shape index (κ1) is 18.6. The Morgan fingerprint density at radius 1 is 1.42 bits per heavy atom. The normalized spacial score (nSPS) is 17.8. The van der Waals surface area contributed by atoms with Crippen molar-refractivity contribution < 1.29 is 9.53 Å². The van der Waals surface area contributed by atoms with Gasteiger partial charge in [0.1, 0.15) is 5.75 Å². The number of hydrogen-bond acceptors (Lipinski definition) is 3. The average molecular weight is 333 g/mol. The number of benzene rings is 1. The summed E-state index contributed by atoms with van der Waals surface area (Å²) in [4.78, 5) is 16.1. The van der Waals surface area contributed by atoms with Crippen molar-refractivity contribution in [3.05, 3.63) is 29.3 Å². The predicted molar refractivity (Wildman–Crippen MR) is 97.7 cm³/mol. The summed E-state index contributed by atoms with van der Waals surface area (Å²) in [6.07, 6.45) is 1.99. The van der Waals surface area contributed by atoms with Crippen molar-refractivity contribution in [2.75, 3.05) is 46.9 Å². The van der Waals surface area contributed by atoms with Gasteiger partial charge in [-0.25, -0.2) is 4.79 Å². The summed E-state index contributed by atoms with van der Waals surface area (Å²) in [5.41, 5.74) is 2.40. The van der Waals surface area contributed by atoms with Crippen LogP contribution in [0.4, 0.5) is 4.79 Å². The van der Waals surface area contributed by atoms with Gasteiger partial charge in [0.05, 0.1) is 6.61 Å². The number of nitrogens with zero attached hydrogens (tertiary/aromatic N) is 2. The zero-order valence-corrected chi connectivity index (χ0v) is 15.5. The van der Waals surface area contributed by atoms with E-state index in [2.05, 4.69) is 43.2 Å². The molecule has 1 unspecified atom stereocenters. The Morgan fingerprint density at radius 2 is 2.21 bits per heavy atom. The molecule has 5 heteroatoms. The molecule has 1 aromatic carbocycles. The Labute approximate surface area is 146 Å². The van der Waals surface area contributed by atoms with Crippen molar-refractivity contribution in [1.82, 2.24) is 15.1 Å². The number of aryl methyl sites for hydroxylation is 2. The van der Waals surface area contributed by atoms with Crippen LogP contribution in [0.3, 0.4) is 0 Å². The van der Waals surface area contributed by atoms with Gasteiger partial charge in [0.15, 0.2) is 0 Å². The molecule has 1 aliphatic rings. The maximum absolute atomic E-state index is 12.1. The van der Waals surface area contributed by atoms with Gasteiger partial charge < -0.3 is 19.9 Å². The molecule has 2 rings (SSSR count). The lowest BCUT2D eigenvalue weighted by Crippen LogP contribution is -2.40. The molecule has 0 saturated carbocycles. The fraction of sp³-hybridized carbons (Fsp3) is 0.632. The first-order valence-electron chi connectivity index (χ1n) is 8.83. The molecule has 1 N–H and O–H groups in total. The van der Waals surface area contributed by atoms with Gasteiger partial charge in [-0.15, -0.1) is 0 Å². The van der Waals surface area contributed by atoms with Crippen LogP contribution in [0.15, 0.2) is 18.2 Å². The van der Waals surface area contributed by atoms with Crippen LogP contribution in [-0.4, -0.2) is 62.7 Å². The van der Waals surface area contributed by atoms with Crippen molar-refractivity contribution in [3.8, 4) is 5.75 Å². The number of ether oxygens (including phenoxy) is 1. The molecule has 1 fully saturated rings. The lowest BCUT2D eigenvalue weighted by atomic mass is 10.1. The largest absolute Gasteiger partial charge is 0.493 e. The van der Waals surface area contributed by atoms with Crippen LogP contribution in [0.25, 0.3) is 0 Å². The van der Waals surface area contributed by atoms with E-state index < -0.39 is 0 Å². The Kier molecular flexibility index (Phi) is 6.91. The quantitative estimate of drug-likeness (QED) is 0.780. The average Bonchev–Trinajstić information content (AvgIpc) is 2.96. The maximum atomic E-state index is 12.1. The molecule has 1 saturated heterocycles. The van der Waals surface area contributed by atoms with Crippen molar-refractivity contribution in [3.63, 3.8) is 0 Å². The highest BCUT2D eigenvalue weighted by Gasteiger charge is 2.20. The van der Waals surface area contributed by atoms with E-state index in [1.807, 2.05) is 13.1 Å². The number of carbonyl (C=O) groups is 1. The molecule has 1 aliphatic heterocycles. The van der Waals surface area contributed by atoms with Crippen molar-refractivity contribution in [2.45, 2.75) is 26.7 Å². The van der Waals surface area contributed by atoms with Gasteiger partial charge >= 0.3 is 6.03 Å². The fourth-order valence-electron chi connectivity index (χ4n) is 3.11. The number of rotatable bonds is 7. The molecule has 2 amide bonds. The highest BCUT2D eigenvalue weighted by Crippen LogP contribution is 2.18. The fourth-order valence-corrected chi connectivity index (χ4v) is 3.11. The molecular weight excluding hydrogens is 302 g/mol. The Hall–Kier alpha value is -1.75. The summed E-state index contributed by atoms with van der Waals surface area (Å²) >= 11 is 0. The second-order valence-electron chi connectivity index (χ2n) is 7.00. The summed E-state index contributed by atoms with van der Waals surface area (Å²) in [5.74, 6) is 1.51. The molecule has 0 aliphatic carbocycles. The summed E-state index contributed by atoms with van der Waals surface area (Å²) in [6, 6.07) is 6.20. The number of nitrogens with one attached hydrogen (secondary N) is 1. The third-order valence-electron chi connectivity index (χ3n) is 4.60. The first-order chi connectivity index (χ1) is 11.5. The van der Waals surface area contributed by atoms with Gasteiger partial charge in [0.2, 0.25) is 0 Å². The Morgan fingerprint density at radius 3 is 2.88 bits per heavy atom. The SMILES string of the molecule is Cc1ccc(OCCCN(C)C(=O)NCC2CCN(C)C2)c(C)c1. The zero-order valence-electron chi connectivity index (χ0n) is 15.5. The molecule has 24 heavy (non-hydrogen) atoms. The summed E-state index contributed by atoms with van der Waals surface area (Å²) < 4.78 is 5.81. The highest BCUT2D eigenvalue weighted by molar-refractivity contribution is 5.73. The molecular formula is C19H31N3O2. The van der Waals surface area contributed by atoms with E-state index in [0.29, 0.717) is 19.1 Å². The Balaban J connectivity index is 1.61. The second-order valence-corrected chi connectivity index (χ2v) is 7.00. The van der Waals surface area contributed by atoms with E-state index in [1.165, 1.54) is 12.0 Å². The van der Waals surface area contributed by atoms with Crippen LogP contribution in [0.1, 0.15) is 24.0 Å². The molecule has 0 spiro atoms. The highest BCUT2D eigenvalue weighted by atomic mass is 16.5. The third-order valence-corrected chi connectivity index (χ3v) is 4.60. The molecule has 1 aromatic rings. The van der Waals surface area contributed by atoms with Crippen molar-refractivity contribution in [2.24, 2.45) is 5.92 Å². The minimum Gasteiger partial charge on any atom is -0.493 e. The summed E-state index contributed by atoms with van der Waals surface area (Å²) in [6.45, 7) is 8.43. The number of carbonyl (C=O) groups excluding carboxylic acids is 1. The van der Waals surface area contributed by atoms with Gasteiger partial charge in [0.25, 0.3) is 0 Å². The van der Waals surface area contributed by atoms with Gasteiger partial charge in [-0.1, -0.05) is 17.7 Å². The number of likely N-dealkylation sites (tertiary alicyclic amines) is 1. The lowest BCUT2D eigenvalue weighted by molar-refractivity contribution is 0.201. The molecule has 5 nitrogen and oxygen atoms in total. The van der Waals surface area contributed by atoms with E-state index in [-0.39, 0.29) is 6.03 Å². The molecule has 134 valence electrons. The Bertz CT molecular complexity index is 547. The first-order valence-corrected chi connectivity index (χ1v) is 8.83. The molecule has 1 atom stereocenters. The zero-order chi connectivity index (χ0) is 17.5. The van der Waals surface area contributed by atoms with E-state index in [9.17, 15) is 4.79 Å². The minimum atomic E-state index is 0.0102. The van der Waals surface area contributed by atoms with Crippen LogP contribution in [0.2, 0.25) is 0 Å². The van der Waals surface area contributed by atoms with E-state index in [0.717, 1.165) is 37.4 Å². The van der Waals surface area contributed by atoms with Gasteiger partial charge in [-0.2, -0.15) is 0 Å². The topological polar surface area (TPSA) is 44.8 Å². The smallest absolute Gasteiger partial charge is 0.317 e. The van der Waals surface area contributed by atoms with Gasteiger partial charge in [-0.3, -0.25) is 0 Å². The van der Waals surface area contributed by atoms with Crippen LogP contribution >= 0.6 is 0 Å². The van der Waals surface area contributed by atoms with Crippen LogP contribution < -0.4 is 10.1 Å². The van der Waals surface area contributed by atoms with E-state index >= 15 is 0 Å². The van der Waals surface area contributed by atoms with Gasteiger partial charge in [-0.05, 0) is 57.8 Å². The van der Waals surface area contributed by atoms with Crippen LogP contribution in [0, 0.1) is 19.8 Å². The third kappa shape index (κ3) is 5.71. The van der Waals surface area contributed by atoms with Crippen molar-refractivity contribution in [1.29, 1.82) is 0 Å². The van der Waals surface area contributed by atoms with Crippen LogP contribution in [-0.2, 0) is 0 Å². The van der Waals surface area contributed by atoms with Gasteiger partial charge in [0, 0.05) is 26.7 Å². The van der Waals surface area contributed by atoms with Crippen molar-refractivity contribution >= 4 is 6.03 Å². The predicted octanol–water partition coefficient (Wildman–Crippen LogP) is 2.67. The number of urea groups is 1.